The van der Waals surface area contributed by atoms with Crippen LogP contribution in [0.5, 0.6) is 0 Å². The van der Waals surface area contributed by atoms with E-state index in [9.17, 15) is 0 Å². The van der Waals surface area contributed by atoms with Gasteiger partial charge in [-0.15, -0.1) is 0 Å². The second-order valence-corrected chi connectivity index (χ2v) is 6.61. The van der Waals surface area contributed by atoms with E-state index in [0.29, 0.717) is 4.75 Å². The quantitative estimate of drug-likeness (QED) is 0.815. The second-order valence-electron chi connectivity index (χ2n) is 5.33. The van der Waals surface area contributed by atoms with Crippen molar-refractivity contribution in [3.05, 3.63) is 0 Å². The monoisotopic (exact) mass is 242 g/mol. The summed E-state index contributed by atoms with van der Waals surface area (Å²) in [5.41, 5.74) is 0. The molecule has 0 amide bonds. The van der Waals surface area contributed by atoms with Crippen LogP contribution in [-0.4, -0.2) is 48.1 Å². The summed E-state index contributed by atoms with van der Waals surface area (Å²) in [6, 6.07) is 0.776. The molecule has 0 radical (unpaired) electrons. The lowest BCUT2D eigenvalue weighted by molar-refractivity contribution is 0.142. The third kappa shape index (κ3) is 2.74. The van der Waals surface area contributed by atoms with E-state index in [-0.39, 0.29) is 0 Å². The van der Waals surface area contributed by atoms with Crippen molar-refractivity contribution in [2.45, 2.75) is 49.8 Å². The topological polar surface area (TPSA) is 15.3 Å². The normalized spacial score (nSPS) is 30.8. The molecule has 0 spiro atoms. The van der Waals surface area contributed by atoms with Crippen LogP contribution in [0.2, 0.25) is 0 Å². The number of rotatable bonds is 4. The lowest BCUT2D eigenvalue weighted by Gasteiger charge is -2.41. The molecular weight excluding hydrogens is 216 g/mol. The minimum Gasteiger partial charge on any atom is -0.314 e. The van der Waals surface area contributed by atoms with Gasteiger partial charge in [-0.05, 0) is 25.5 Å². The Balaban J connectivity index is 1.95. The molecule has 1 saturated carbocycles. The first-order chi connectivity index (χ1) is 7.79. The van der Waals surface area contributed by atoms with Crippen molar-refractivity contribution < 1.29 is 0 Å². The van der Waals surface area contributed by atoms with Crippen LogP contribution in [0.3, 0.4) is 0 Å². The van der Waals surface area contributed by atoms with E-state index in [1.54, 1.807) is 0 Å². The molecule has 2 nitrogen and oxygen atoms in total. The zero-order valence-electron chi connectivity index (χ0n) is 10.8. The molecule has 1 unspecified atom stereocenters. The van der Waals surface area contributed by atoms with Crippen LogP contribution >= 0.6 is 11.8 Å². The molecule has 2 aliphatic rings. The largest absolute Gasteiger partial charge is 0.314 e. The first kappa shape index (κ1) is 12.7. The predicted octanol–water partition coefficient (Wildman–Crippen LogP) is 2.35. The fourth-order valence-electron chi connectivity index (χ4n) is 3.23. The summed E-state index contributed by atoms with van der Waals surface area (Å²) in [6.07, 6.45) is 9.38. The summed E-state index contributed by atoms with van der Waals surface area (Å²) in [4.78, 5) is 2.75. The van der Waals surface area contributed by atoms with Gasteiger partial charge in [-0.3, -0.25) is 4.90 Å². The summed E-state index contributed by atoms with van der Waals surface area (Å²) in [5, 5.41) is 3.52. The van der Waals surface area contributed by atoms with E-state index in [2.05, 4.69) is 35.2 Å². The van der Waals surface area contributed by atoms with Gasteiger partial charge in [0.1, 0.15) is 0 Å². The Morgan fingerprint density at radius 3 is 2.75 bits per heavy atom. The molecule has 0 aromatic carbocycles. The molecule has 0 aromatic rings. The molecule has 1 heterocycles. The lowest BCUT2D eigenvalue weighted by atomic mass is 10.0. The Morgan fingerprint density at radius 1 is 1.38 bits per heavy atom. The molecule has 1 saturated heterocycles. The van der Waals surface area contributed by atoms with Gasteiger partial charge in [0.25, 0.3) is 0 Å². The van der Waals surface area contributed by atoms with Crippen molar-refractivity contribution in [3.8, 4) is 0 Å². The highest BCUT2D eigenvalue weighted by atomic mass is 32.2. The van der Waals surface area contributed by atoms with Gasteiger partial charge >= 0.3 is 0 Å². The number of nitrogens with zero attached hydrogens (tertiary/aromatic N) is 1. The highest BCUT2D eigenvalue weighted by Gasteiger charge is 2.36. The molecule has 1 N–H and O–H groups in total. The summed E-state index contributed by atoms with van der Waals surface area (Å²) in [7, 11) is 0. The highest BCUT2D eigenvalue weighted by molar-refractivity contribution is 8.00. The van der Waals surface area contributed by atoms with Crippen molar-refractivity contribution >= 4 is 11.8 Å². The van der Waals surface area contributed by atoms with Crippen LogP contribution < -0.4 is 5.32 Å². The molecule has 3 heteroatoms. The molecule has 1 atom stereocenters. The van der Waals surface area contributed by atoms with Crippen molar-refractivity contribution in [1.29, 1.82) is 0 Å². The Morgan fingerprint density at radius 2 is 2.12 bits per heavy atom. The average Bonchev–Trinajstić information content (AvgIpc) is 2.79. The fraction of sp³-hybridized carbons (Fsp3) is 1.00. The van der Waals surface area contributed by atoms with Gasteiger partial charge in [-0.2, -0.15) is 11.8 Å². The summed E-state index contributed by atoms with van der Waals surface area (Å²) < 4.78 is 0.588. The number of piperazine rings is 1. The number of hydrogen-bond donors (Lipinski definition) is 1. The Kier molecular flexibility index (Phi) is 4.57. The van der Waals surface area contributed by atoms with E-state index in [4.69, 9.17) is 0 Å². The van der Waals surface area contributed by atoms with E-state index in [1.807, 2.05) is 0 Å². The zero-order valence-corrected chi connectivity index (χ0v) is 11.6. The smallest absolute Gasteiger partial charge is 0.0284 e. The molecule has 1 aliphatic carbocycles. The number of hydrogen-bond acceptors (Lipinski definition) is 3. The fourth-order valence-corrected chi connectivity index (χ4v) is 4.22. The molecule has 0 bridgehead atoms. The SMILES string of the molecule is CCC1CNCCN1CC1(SC)CCCC1. The van der Waals surface area contributed by atoms with Crippen LogP contribution in [-0.2, 0) is 0 Å². The van der Waals surface area contributed by atoms with Crippen molar-refractivity contribution in [3.63, 3.8) is 0 Å². The van der Waals surface area contributed by atoms with Crippen LogP contribution in [0.15, 0.2) is 0 Å². The maximum Gasteiger partial charge on any atom is 0.0284 e. The van der Waals surface area contributed by atoms with Crippen LogP contribution in [0.1, 0.15) is 39.0 Å². The summed E-state index contributed by atoms with van der Waals surface area (Å²) in [6.45, 7) is 7.28. The van der Waals surface area contributed by atoms with Crippen molar-refractivity contribution in [1.82, 2.24) is 10.2 Å². The van der Waals surface area contributed by atoms with Gasteiger partial charge in [0, 0.05) is 37.0 Å². The van der Waals surface area contributed by atoms with E-state index < -0.39 is 0 Å². The molecule has 16 heavy (non-hydrogen) atoms. The van der Waals surface area contributed by atoms with E-state index >= 15 is 0 Å². The van der Waals surface area contributed by atoms with Gasteiger partial charge in [0.2, 0.25) is 0 Å². The van der Waals surface area contributed by atoms with E-state index in [1.165, 1.54) is 58.3 Å². The third-order valence-corrected chi connectivity index (χ3v) is 5.79. The first-order valence-electron chi connectivity index (χ1n) is 6.79. The molecule has 1 aliphatic heterocycles. The molecule has 2 rings (SSSR count). The number of thioether (sulfide) groups is 1. The average molecular weight is 242 g/mol. The molecular formula is C13H26N2S. The molecule has 2 fully saturated rings. The van der Waals surface area contributed by atoms with Crippen molar-refractivity contribution in [2.24, 2.45) is 0 Å². The summed E-state index contributed by atoms with van der Waals surface area (Å²) >= 11 is 2.12. The maximum absolute atomic E-state index is 3.52. The third-order valence-electron chi connectivity index (χ3n) is 4.38. The maximum atomic E-state index is 3.52. The first-order valence-corrected chi connectivity index (χ1v) is 8.02. The van der Waals surface area contributed by atoms with Gasteiger partial charge in [0.05, 0.1) is 0 Å². The Labute approximate surface area is 105 Å². The van der Waals surface area contributed by atoms with Crippen LogP contribution in [0.4, 0.5) is 0 Å². The lowest BCUT2D eigenvalue weighted by Crippen LogP contribution is -2.54. The van der Waals surface area contributed by atoms with E-state index in [0.717, 1.165) is 6.04 Å². The minimum atomic E-state index is 0.588. The Bertz CT molecular complexity index is 214. The number of nitrogens with one attached hydrogen (secondary N) is 1. The molecule has 0 aromatic heterocycles. The van der Waals surface area contributed by atoms with Crippen LogP contribution in [0.25, 0.3) is 0 Å². The summed E-state index contributed by atoms with van der Waals surface area (Å²) in [5.74, 6) is 0. The van der Waals surface area contributed by atoms with Gasteiger partial charge in [-0.25, -0.2) is 0 Å². The second kappa shape index (κ2) is 5.74. The predicted molar refractivity (Wildman–Crippen MR) is 73.2 cm³/mol. The van der Waals surface area contributed by atoms with Crippen molar-refractivity contribution in [2.75, 3.05) is 32.4 Å². The highest BCUT2D eigenvalue weighted by Crippen LogP contribution is 2.41. The van der Waals surface area contributed by atoms with Gasteiger partial charge in [0.15, 0.2) is 0 Å². The van der Waals surface area contributed by atoms with Gasteiger partial charge < -0.3 is 5.32 Å². The minimum absolute atomic E-state index is 0.588. The van der Waals surface area contributed by atoms with Crippen LogP contribution in [0, 0.1) is 0 Å². The molecule has 94 valence electrons. The zero-order chi connectivity index (χ0) is 11.4. The Hall–Kier alpha value is 0.270. The standard InChI is InChI=1S/C13H26N2S/c1-3-12-10-14-8-9-15(12)11-13(16-2)6-4-5-7-13/h12,14H,3-11H2,1-2H3. The van der Waals surface area contributed by atoms with Gasteiger partial charge in [-0.1, -0.05) is 19.8 Å².